The minimum atomic E-state index is -0.401. The summed E-state index contributed by atoms with van der Waals surface area (Å²) in [6, 6.07) is 13.9. The molecule has 0 saturated carbocycles. The van der Waals surface area contributed by atoms with Crippen LogP contribution in [0.1, 0.15) is 17.8 Å². The summed E-state index contributed by atoms with van der Waals surface area (Å²) in [5.74, 6) is 0.594. The van der Waals surface area contributed by atoms with Crippen LogP contribution in [0.4, 0.5) is 5.69 Å². The molecule has 0 saturated heterocycles. The average molecular weight is 319 g/mol. The molecular weight excluding hydrogens is 306 g/mol. The van der Waals surface area contributed by atoms with Gasteiger partial charge in [0.2, 0.25) is 0 Å². The molecule has 2 heterocycles. The van der Waals surface area contributed by atoms with Crippen LogP contribution in [0.3, 0.4) is 0 Å². The van der Waals surface area contributed by atoms with Gasteiger partial charge in [-0.2, -0.15) is 4.98 Å². The number of hydrogen-bond donors (Lipinski definition) is 0. The molecule has 1 aromatic heterocycles. The summed E-state index contributed by atoms with van der Waals surface area (Å²) >= 11 is 0. The fraction of sp³-hybridized carbons (Fsp3) is 0.111. The van der Waals surface area contributed by atoms with Crippen LogP contribution in [0.15, 0.2) is 53.3 Å². The van der Waals surface area contributed by atoms with Gasteiger partial charge in [0, 0.05) is 12.6 Å². The van der Waals surface area contributed by atoms with E-state index in [1.165, 1.54) is 6.07 Å². The number of benzene rings is 2. The molecule has 0 radical (unpaired) electrons. The quantitative estimate of drug-likeness (QED) is 0.536. The van der Waals surface area contributed by atoms with E-state index < -0.39 is 4.92 Å². The van der Waals surface area contributed by atoms with Gasteiger partial charge in [-0.15, -0.1) is 0 Å². The Morgan fingerprint density at radius 1 is 1.12 bits per heavy atom. The third-order valence-electron chi connectivity index (χ3n) is 4.24. The second-order valence-electron chi connectivity index (χ2n) is 5.64. The van der Waals surface area contributed by atoms with Crippen molar-refractivity contribution < 1.29 is 4.92 Å². The summed E-state index contributed by atoms with van der Waals surface area (Å²) in [6.07, 6.45) is 2.45. The number of nitro benzene ring substituents is 1. The first-order chi connectivity index (χ1) is 11.6. The topological polar surface area (TPSA) is 78.0 Å². The second-order valence-corrected chi connectivity index (χ2v) is 5.64. The molecule has 118 valence electrons. The van der Waals surface area contributed by atoms with Crippen molar-refractivity contribution in [2.45, 2.75) is 13.0 Å². The zero-order chi connectivity index (χ0) is 16.7. The van der Waals surface area contributed by atoms with Gasteiger partial charge in [-0.3, -0.25) is 14.9 Å². The summed E-state index contributed by atoms with van der Waals surface area (Å²) in [6.45, 7) is 0.704. The highest BCUT2D eigenvalue weighted by molar-refractivity contribution is 5.86. The lowest BCUT2D eigenvalue weighted by Gasteiger charge is -2.07. The van der Waals surface area contributed by atoms with Crippen LogP contribution >= 0.6 is 0 Å². The Balaban J connectivity index is 1.92. The van der Waals surface area contributed by atoms with Crippen LogP contribution in [0.25, 0.3) is 22.6 Å². The van der Waals surface area contributed by atoms with Crippen molar-refractivity contribution in [1.29, 1.82) is 0 Å². The van der Waals surface area contributed by atoms with E-state index in [4.69, 9.17) is 0 Å². The lowest BCUT2D eigenvalue weighted by Crippen LogP contribution is -2.14. The number of aromatic nitrogens is 2. The van der Waals surface area contributed by atoms with Gasteiger partial charge in [0.25, 0.3) is 11.2 Å². The molecular formula is C18H13N3O3. The number of hydrogen-bond acceptors (Lipinski definition) is 4. The van der Waals surface area contributed by atoms with Crippen molar-refractivity contribution in [3.05, 3.63) is 80.4 Å². The molecule has 6 nitrogen and oxygen atoms in total. The number of rotatable bonds is 2. The molecule has 1 aliphatic heterocycles. The first kappa shape index (κ1) is 14.3. The van der Waals surface area contributed by atoms with E-state index in [0.717, 1.165) is 11.1 Å². The van der Waals surface area contributed by atoms with Crippen LogP contribution in [0.5, 0.6) is 0 Å². The Morgan fingerprint density at radius 3 is 2.71 bits per heavy atom. The summed E-state index contributed by atoms with van der Waals surface area (Å²) < 4.78 is 2.00. The lowest BCUT2D eigenvalue weighted by atomic mass is 10.1. The van der Waals surface area contributed by atoms with Crippen LogP contribution in [-0.2, 0) is 6.54 Å². The van der Waals surface area contributed by atoms with Crippen LogP contribution in [-0.4, -0.2) is 14.5 Å². The van der Waals surface area contributed by atoms with Crippen molar-refractivity contribution >= 4 is 28.2 Å². The van der Waals surface area contributed by atoms with Gasteiger partial charge in [-0.25, -0.2) is 0 Å². The van der Waals surface area contributed by atoms with Gasteiger partial charge in [-0.1, -0.05) is 24.3 Å². The summed E-state index contributed by atoms with van der Waals surface area (Å²) in [5, 5.41) is 11.8. The molecule has 0 bridgehead atoms. The minimum Gasteiger partial charge on any atom is -0.325 e. The molecule has 6 heteroatoms. The standard InChI is InChI=1S/C18H13N3O3/c22-18-14-6-2-4-8-16(14)20-10-9-13(17(20)19-18)11-12-5-1-3-7-15(12)21(23)24/h1-8,11H,9-10H2/b13-11+. The Hall–Kier alpha value is -3.28. The number of nitrogens with zero attached hydrogens (tertiary/aromatic N) is 3. The van der Waals surface area contributed by atoms with Gasteiger partial charge in [0.1, 0.15) is 5.82 Å². The Labute approximate surface area is 136 Å². The fourth-order valence-electron chi connectivity index (χ4n) is 3.14. The normalized spacial score (nSPS) is 14.9. The van der Waals surface area contributed by atoms with E-state index in [9.17, 15) is 14.9 Å². The van der Waals surface area contributed by atoms with Gasteiger partial charge < -0.3 is 4.57 Å². The maximum absolute atomic E-state index is 12.3. The first-order valence-corrected chi connectivity index (χ1v) is 7.59. The summed E-state index contributed by atoms with van der Waals surface area (Å²) in [4.78, 5) is 27.2. The predicted octanol–water partition coefficient (Wildman–Crippen LogP) is 3.25. The maximum atomic E-state index is 12.3. The minimum absolute atomic E-state index is 0.0478. The Bertz CT molecular complexity index is 1070. The molecule has 3 aromatic rings. The number of nitro groups is 1. The third-order valence-corrected chi connectivity index (χ3v) is 4.24. The van der Waals surface area contributed by atoms with Gasteiger partial charge >= 0.3 is 0 Å². The zero-order valence-electron chi connectivity index (χ0n) is 12.7. The Kier molecular flexibility index (Phi) is 3.23. The molecule has 0 amide bonds. The van der Waals surface area contributed by atoms with E-state index in [0.29, 0.717) is 29.7 Å². The van der Waals surface area contributed by atoms with E-state index in [1.807, 2.05) is 22.8 Å². The van der Waals surface area contributed by atoms with Crippen molar-refractivity contribution in [3.63, 3.8) is 0 Å². The van der Waals surface area contributed by atoms with Crippen molar-refractivity contribution in [2.75, 3.05) is 0 Å². The lowest BCUT2D eigenvalue weighted by molar-refractivity contribution is -0.385. The van der Waals surface area contributed by atoms with E-state index in [2.05, 4.69) is 4.98 Å². The second kappa shape index (κ2) is 5.42. The number of para-hydroxylation sites is 2. The largest absolute Gasteiger partial charge is 0.325 e. The highest BCUT2D eigenvalue weighted by Gasteiger charge is 2.21. The number of allylic oxidation sites excluding steroid dienone is 1. The Morgan fingerprint density at radius 2 is 1.88 bits per heavy atom. The van der Waals surface area contributed by atoms with Gasteiger partial charge in [-0.05, 0) is 36.3 Å². The van der Waals surface area contributed by atoms with Crippen LogP contribution in [0, 0.1) is 10.1 Å². The molecule has 0 N–H and O–H groups in total. The fourth-order valence-corrected chi connectivity index (χ4v) is 3.14. The average Bonchev–Trinajstić information content (AvgIpc) is 2.98. The molecule has 1 aliphatic rings. The third kappa shape index (κ3) is 2.20. The van der Waals surface area contributed by atoms with E-state index in [-0.39, 0.29) is 11.2 Å². The molecule has 2 aromatic carbocycles. The van der Waals surface area contributed by atoms with E-state index >= 15 is 0 Å². The van der Waals surface area contributed by atoms with Crippen LogP contribution < -0.4 is 5.56 Å². The van der Waals surface area contributed by atoms with Gasteiger partial charge in [0.05, 0.1) is 21.4 Å². The van der Waals surface area contributed by atoms with Gasteiger partial charge in [0.15, 0.2) is 0 Å². The maximum Gasteiger partial charge on any atom is 0.281 e. The number of aryl methyl sites for hydroxylation is 1. The predicted molar refractivity (Wildman–Crippen MR) is 91.6 cm³/mol. The molecule has 0 atom stereocenters. The smallest absolute Gasteiger partial charge is 0.281 e. The first-order valence-electron chi connectivity index (χ1n) is 7.59. The highest BCUT2D eigenvalue weighted by Crippen LogP contribution is 2.31. The van der Waals surface area contributed by atoms with Crippen molar-refractivity contribution in [3.8, 4) is 0 Å². The molecule has 0 spiro atoms. The zero-order valence-corrected chi connectivity index (χ0v) is 12.7. The SMILES string of the molecule is O=c1nc2n(c3ccccc13)CC/C2=C\c1ccccc1[N+](=O)[O-]. The van der Waals surface area contributed by atoms with E-state index in [1.54, 1.807) is 30.3 Å². The summed E-state index contributed by atoms with van der Waals surface area (Å²) in [5.41, 5.74) is 1.98. The summed E-state index contributed by atoms with van der Waals surface area (Å²) in [7, 11) is 0. The molecule has 0 fully saturated rings. The highest BCUT2D eigenvalue weighted by atomic mass is 16.6. The monoisotopic (exact) mass is 319 g/mol. The number of fused-ring (bicyclic) bond motifs is 3. The molecule has 24 heavy (non-hydrogen) atoms. The van der Waals surface area contributed by atoms with Crippen molar-refractivity contribution in [2.24, 2.45) is 0 Å². The van der Waals surface area contributed by atoms with Crippen LogP contribution in [0.2, 0.25) is 0 Å². The molecule has 0 aliphatic carbocycles. The molecule has 4 rings (SSSR count). The molecule has 0 unspecified atom stereocenters. The van der Waals surface area contributed by atoms with Crippen molar-refractivity contribution in [1.82, 2.24) is 9.55 Å².